The van der Waals surface area contributed by atoms with Crippen molar-refractivity contribution in [1.82, 2.24) is 15.5 Å². The molecule has 0 aliphatic carbocycles. The number of ether oxygens (including phenoxy) is 1. The monoisotopic (exact) mass is 256 g/mol. The molecule has 0 spiro atoms. The van der Waals surface area contributed by atoms with E-state index in [1.807, 2.05) is 6.07 Å². The van der Waals surface area contributed by atoms with E-state index in [9.17, 15) is 9.59 Å². The van der Waals surface area contributed by atoms with E-state index in [1.54, 1.807) is 18.9 Å². The Labute approximate surface area is 107 Å². The summed E-state index contributed by atoms with van der Waals surface area (Å²) in [5.41, 5.74) is 0. The van der Waals surface area contributed by atoms with Crippen LogP contribution in [0, 0.1) is 11.3 Å². The molecule has 0 saturated carbocycles. The number of urea groups is 1. The third kappa shape index (κ3) is 6.18. The van der Waals surface area contributed by atoms with Crippen molar-refractivity contribution in [3.05, 3.63) is 0 Å². The number of rotatable bonds is 7. The summed E-state index contributed by atoms with van der Waals surface area (Å²) in [6.07, 6.45) is 0.321. The van der Waals surface area contributed by atoms with Crippen LogP contribution in [-0.4, -0.2) is 56.7 Å². The normalized spacial score (nSPS) is 11.7. The van der Waals surface area contributed by atoms with Gasteiger partial charge in [-0.15, -0.1) is 0 Å². The lowest BCUT2D eigenvalue weighted by Crippen LogP contribution is -2.50. The summed E-state index contributed by atoms with van der Waals surface area (Å²) in [7, 11) is 3.00. The Morgan fingerprint density at radius 3 is 2.61 bits per heavy atom. The van der Waals surface area contributed by atoms with E-state index >= 15 is 0 Å². The molecule has 1 unspecified atom stereocenters. The van der Waals surface area contributed by atoms with Gasteiger partial charge in [-0.3, -0.25) is 15.0 Å². The van der Waals surface area contributed by atoms with Crippen molar-refractivity contribution < 1.29 is 14.3 Å². The van der Waals surface area contributed by atoms with E-state index in [1.165, 1.54) is 7.05 Å². The molecule has 0 aliphatic heterocycles. The third-order valence-electron chi connectivity index (χ3n) is 2.48. The van der Waals surface area contributed by atoms with Gasteiger partial charge >= 0.3 is 6.03 Å². The van der Waals surface area contributed by atoms with Gasteiger partial charge in [0, 0.05) is 33.7 Å². The van der Waals surface area contributed by atoms with Crippen molar-refractivity contribution in [2.45, 2.75) is 19.4 Å². The fraction of sp³-hybridized carbons (Fsp3) is 0.727. The average Bonchev–Trinajstić information content (AvgIpc) is 2.37. The Morgan fingerprint density at radius 1 is 1.44 bits per heavy atom. The minimum absolute atomic E-state index is 0.321. The second-order valence-corrected chi connectivity index (χ2v) is 3.68. The first-order chi connectivity index (χ1) is 8.56. The number of amides is 3. The first kappa shape index (κ1) is 16.4. The van der Waals surface area contributed by atoms with Gasteiger partial charge in [-0.1, -0.05) is 0 Å². The molecule has 0 aromatic rings. The summed E-state index contributed by atoms with van der Waals surface area (Å²) in [5, 5.41) is 13.1. The number of carbonyl (C=O) groups excluding carboxylic acids is 2. The van der Waals surface area contributed by atoms with E-state index in [0.717, 1.165) is 0 Å². The summed E-state index contributed by atoms with van der Waals surface area (Å²) in [4.78, 5) is 24.6. The summed E-state index contributed by atoms with van der Waals surface area (Å²) >= 11 is 0. The van der Waals surface area contributed by atoms with Crippen molar-refractivity contribution in [2.75, 3.05) is 33.9 Å². The molecule has 0 rings (SSSR count). The lowest BCUT2D eigenvalue weighted by molar-refractivity contribution is -0.125. The largest absolute Gasteiger partial charge is 0.383 e. The SMILES string of the molecule is CNC(=O)NC(=O)C(C)N(CCC#N)CCOC. The van der Waals surface area contributed by atoms with Crippen LogP contribution in [0.4, 0.5) is 4.79 Å². The van der Waals surface area contributed by atoms with Crippen LogP contribution in [0.5, 0.6) is 0 Å². The molecule has 0 aliphatic rings. The third-order valence-corrected chi connectivity index (χ3v) is 2.48. The summed E-state index contributed by atoms with van der Waals surface area (Å²) < 4.78 is 4.95. The van der Waals surface area contributed by atoms with Gasteiger partial charge in [-0.25, -0.2) is 4.79 Å². The topological polar surface area (TPSA) is 94.5 Å². The molecule has 0 saturated heterocycles. The maximum Gasteiger partial charge on any atom is 0.321 e. The zero-order valence-corrected chi connectivity index (χ0v) is 11.0. The molecule has 3 amide bonds. The Bertz CT molecular complexity index is 314. The second kappa shape index (κ2) is 9.39. The van der Waals surface area contributed by atoms with E-state index in [2.05, 4.69) is 10.6 Å². The highest BCUT2D eigenvalue weighted by molar-refractivity contribution is 5.96. The van der Waals surface area contributed by atoms with E-state index in [4.69, 9.17) is 10.00 Å². The van der Waals surface area contributed by atoms with Gasteiger partial charge in [0.05, 0.1) is 18.7 Å². The quantitative estimate of drug-likeness (QED) is 0.651. The average molecular weight is 256 g/mol. The predicted molar refractivity (Wildman–Crippen MR) is 65.7 cm³/mol. The zero-order valence-electron chi connectivity index (χ0n) is 11.0. The molecule has 0 heterocycles. The van der Waals surface area contributed by atoms with Gasteiger partial charge in [-0.2, -0.15) is 5.26 Å². The molecule has 0 radical (unpaired) electrons. The highest BCUT2D eigenvalue weighted by Gasteiger charge is 2.21. The molecular weight excluding hydrogens is 236 g/mol. The predicted octanol–water partition coefficient (Wildman–Crippen LogP) is -0.307. The molecule has 2 N–H and O–H groups in total. The Balaban J connectivity index is 4.42. The molecule has 0 bridgehead atoms. The van der Waals surface area contributed by atoms with Crippen LogP contribution in [0.2, 0.25) is 0 Å². The molecule has 0 fully saturated rings. The maximum atomic E-state index is 11.7. The van der Waals surface area contributed by atoms with Crippen LogP contribution in [0.25, 0.3) is 0 Å². The number of nitrogens with one attached hydrogen (secondary N) is 2. The fourth-order valence-corrected chi connectivity index (χ4v) is 1.35. The van der Waals surface area contributed by atoms with Gasteiger partial charge in [-0.05, 0) is 6.92 Å². The molecule has 7 heteroatoms. The summed E-state index contributed by atoms with van der Waals surface area (Å²) in [6.45, 7) is 3.14. The number of nitriles is 1. The Kier molecular flexibility index (Phi) is 8.53. The minimum Gasteiger partial charge on any atom is -0.383 e. The van der Waals surface area contributed by atoms with Gasteiger partial charge in [0.2, 0.25) is 5.91 Å². The molecule has 1 atom stereocenters. The number of nitrogens with zero attached hydrogens (tertiary/aromatic N) is 2. The standard InChI is InChI=1S/C11H20N4O3/c1-9(10(16)14-11(17)13-2)15(6-4-5-12)7-8-18-3/h9H,4,6-8H2,1-3H3,(H2,13,14,16,17). The van der Waals surface area contributed by atoms with Crippen molar-refractivity contribution in [1.29, 1.82) is 5.26 Å². The van der Waals surface area contributed by atoms with Crippen molar-refractivity contribution >= 4 is 11.9 Å². The molecule has 0 aromatic heterocycles. The highest BCUT2D eigenvalue weighted by Crippen LogP contribution is 2.01. The number of hydrogen-bond acceptors (Lipinski definition) is 5. The number of methoxy groups -OCH3 is 1. The van der Waals surface area contributed by atoms with Crippen LogP contribution >= 0.6 is 0 Å². The highest BCUT2D eigenvalue weighted by atomic mass is 16.5. The first-order valence-corrected chi connectivity index (χ1v) is 5.69. The van der Waals surface area contributed by atoms with Gasteiger partial charge in [0.25, 0.3) is 0 Å². The van der Waals surface area contributed by atoms with E-state index < -0.39 is 18.0 Å². The van der Waals surface area contributed by atoms with Crippen LogP contribution in [0.15, 0.2) is 0 Å². The first-order valence-electron chi connectivity index (χ1n) is 5.69. The number of imide groups is 1. The zero-order chi connectivity index (χ0) is 14.0. The fourth-order valence-electron chi connectivity index (χ4n) is 1.35. The minimum atomic E-state index is -0.543. The summed E-state index contributed by atoms with van der Waals surface area (Å²) in [5.74, 6) is -0.400. The molecule has 7 nitrogen and oxygen atoms in total. The van der Waals surface area contributed by atoms with Crippen molar-refractivity contribution in [3.63, 3.8) is 0 Å². The van der Waals surface area contributed by atoms with E-state index in [0.29, 0.717) is 26.1 Å². The van der Waals surface area contributed by atoms with Gasteiger partial charge < -0.3 is 10.1 Å². The molecule has 0 aromatic carbocycles. The van der Waals surface area contributed by atoms with Crippen LogP contribution in [-0.2, 0) is 9.53 Å². The Hall–Kier alpha value is -1.65. The summed E-state index contributed by atoms with van der Waals surface area (Å²) in [6, 6.07) is 0.989. The van der Waals surface area contributed by atoms with Gasteiger partial charge in [0.1, 0.15) is 0 Å². The van der Waals surface area contributed by atoms with Crippen molar-refractivity contribution in [2.24, 2.45) is 0 Å². The van der Waals surface area contributed by atoms with Crippen molar-refractivity contribution in [3.8, 4) is 6.07 Å². The second-order valence-electron chi connectivity index (χ2n) is 3.68. The lowest BCUT2D eigenvalue weighted by Gasteiger charge is -2.26. The molecule has 102 valence electrons. The van der Waals surface area contributed by atoms with Crippen LogP contribution in [0.1, 0.15) is 13.3 Å². The number of carbonyl (C=O) groups is 2. The molecular formula is C11H20N4O3. The van der Waals surface area contributed by atoms with Gasteiger partial charge in [0.15, 0.2) is 0 Å². The number of hydrogen-bond donors (Lipinski definition) is 2. The van der Waals surface area contributed by atoms with Crippen LogP contribution in [0.3, 0.4) is 0 Å². The molecule has 18 heavy (non-hydrogen) atoms. The van der Waals surface area contributed by atoms with E-state index in [-0.39, 0.29) is 0 Å². The smallest absolute Gasteiger partial charge is 0.321 e. The Morgan fingerprint density at radius 2 is 2.11 bits per heavy atom. The maximum absolute atomic E-state index is 11.7. The van der Waals surface area contributed by atoms with Crippen LogP contribution < -0.4 is 10.6 Å². The lowest BCUT2D eigenvalue weighted by atomic mass is 10.2.